The maximum atomic E-state index is 5.70. The van der Waals surface area contributed by atoms with E-state index < -0.39 is 0 Å². The summed E-state index contributed by atoms with van der Waals surface area (Å²) < 4.78 is 0. The van der Waals surface area contributed by atoms with Gasteiger partial charge in [-0.1, -0.05) is 13.8 Å². The fraction of sp³-hybridized carbons (Fsp3) is 0.636. The van der Waals surface area contributed by atoms with Crippen LogP contribution in [0.4, 0.5) is 11.6 Å². The van der Waals surface area contributed by atoms with Gasteiger partial charge in [-0.2, -0.15) is 11.8 Å². The zero-order chi connectivity index (χ0) is 12.0. The lowest BCUT2D eigenvalue weighted by molar-refractivity contribution is 0.698. The van der Waals surface area contributed by atoms with Gasteiger partial charge in [0.15, 0.2) is 0 Å². The summed E-state index contributed by atoms with van der Waals surface area (Å²) in [5.41, 5.74) is 5.70. The average molecular weight is 240 g/mol. The number of thioether (sulfide) groups is 1. The van der Waals surface area contributed by atoms with Gasteiger partial charge in [-0.05, 0) is 17.9 Å². The zero-order valence-corrected chi connectivity index (χ0v) is 11.0. The Morgan fingerprint density at radius 3 is 2.88 bits per heavy atom. The van der Waals surface area contributed by atoms with Crippen molar-refractivity contribution in [3.05, 3.63) is 11.9 Å². The number of nitrogens with one attached hydrogen (secondary N) is 1. The Bertz CT molecular complexity index is 330. The molecule has 0 radical (unpaired) electrons. The van der Waals surface area contributed by atoms with Crippen LogP contribution in [0.3, 0.4) is 0 Å². The van der Waals surface area contributed by atoms with Crippen LogP contribution in [0, 0.1) is 5.92 Å². The van der Waals surface area contributed by atoms with Crippen LogP contribution in [-0.4, -0.2) is 28.5 Å². The second-order valence-corrected chi connectivity index (χ2v) is 4.80. The van der Waals surface area contributed by atoms with Crippen LogP contribution in [-0.2, 0) is 6.42 Å². The van der Waals surface area contributed by atoms with E-state index in [1.54, 1.807) is 6.07 Å². The highest BCUT2D eigenvalue weighted by atomic mass is 32.2. The highest BCUT2D eigenvalue weighted by Gasteiger charge is 2.04. The molecule has 1 aromatic heterocycles. The summed E-state index contributed by atoms with van der Waals surface area (Å²) in [5.74, 6) is 3.93. The summed E-state index contributed by atoms with van der Waals surface area (Å²) in [6, 6.07) is 1.78. The van der Waals surface area contributed by atoms with Gasteiger partial charge in [0, 0.05) is 19.0 Å². The minimum Gasteiger partial charge on any atom is -0.384 e. The monoisotopic (exact) mass is 240 g/mol. The molecule has 0 bridgehead atoms. The Kier molecular flexibility index (Phi) is 5.38. The molecule has 0 saturated heterocycles. The van der Waals surface area contributed by atoms with E-state index in [0.29, 0.717) is 11.7 Å². The van der Waals surface area contributed by atoms with Crippen LogP contribution in [0.15, 0.2) is 6.07 Å². The van der Waals surface area contributed by atoms with Crippen molar-refractivity contribution in [3.8, 4) is 0 Å². The first kappa shape index (κ1) is 13.1. The summed E-state index contributed by atoms with van der Waals surface area (Å²) >= 11 is 1.86. The topological polar surface area (TPSA) is 63.8 Å². The lowest BCUT2D eigenvalue weighted by Crippen LogP contribution is -2.15. The van der Waals surface area contributed by atoms with Crippen LogP contribution < -0.4 is 11.1 Å². The fourth-order valence-electron chi connectivity index (χ4n) is 1.39. The van der Waals surface area contributed by atoms with Gasteiger partial charge < -0.3 is 11.1 Å². The standard InChI is InChI=1S/C11H20N4S/c1-4-10-14-9(12)5-11(15-10)13-6-8(2)7-16-3/h5,8H,4,6-7H2,1-3H3,(H3,12,13,14,15). The molecule has 1 heterocycles. The second kappa shape index (κ2) is 6.58. The van der Waals surface area contributed by atoms with Gasteiger partial charge in [-0.15, -0.1) is 0 Å². The summed E-state index contributed by atoms with van der Waals surface area (Å²) in [5, 5.41) is 3.30. The van der Waals surface area contributed by atoms with Crippen molar-refractivity contribution < 1.29 is 0 Å². The molecular formula is C11H20N4S. The van der Waals surface area contributed by atoms with E-state index in [9.17, 15) is 0 Å². The van der Waals surface area contributed by atoms with Crippen molar-refractivity contribution in [1.82, 2.24) is 9.97 Å². The summed E-state index contributed by atoms with van der Waals surface area (Å²) in [6.45, 7) is 5.16. The minimum absolute atomic E-state index is 0.534. The molecule has 0 aliphatic carbocycles. The van der Waals surface area contributed by atoms with E-state index in [1.807, 2.05) is 18.7 Å². The zero-order valence-electron chi connectivity index (χ0n) is 10.2. The molecule has 1 rings (SSSR count). The number of hydrogen-bond acceptors (Lipinski definition) is 5. The van der Waals surface area contributed by atoms with Crippen molar-refractivity contribution in [2.45, 2.75) is 20.3 Å². The van der Waals surface area contributed by atoms with E-state index in [2.05, 4.69) is 28.5 Å². The normalized spacial score (nSPS) is 12.4. The number of anilines is 2. The molecule has 4 nitrogen and oxygen atoms in total. The van der Waals surface area contributed by atoms with E-state index >= 15 is 0 Å². The molecule has 3 N–H and O–H groups in total. The second-order valence-electron chi connectivity index (χ2n) is 3.89. The van der Waals surface area contributed by atoms with Crippen LogP contribution in [0.25, 0.3) is 0 Å². The average Bonchev–Trinajstić information content (AvgIpc) is 2.26. The molecule has 16 heavy (non-hydrogen) atoms. The molecule has 0 amide bonds. The van der Waals surface area contributed by atoms with Gasteiger partial charge in [0.1, 0.15) is 17.5 Å². The minimum atomic E-state index is 0.534. The van der Waals surface area contributed by atoms with E-state index in [1.165, 1.54) is 0 Å². The molecule has 0 aromatic carbocycles. The van der Waals surface area contributed by atoms with Crippen LogP contribution in [0.1, 0.15) is 19.7 Å². The molecule has 0 aliphatic rings. The number of rotatable bonds is 6. The Hall–Kier alpha value is -0.970. The summed E-state index contributed by atoms with van der Waals surface area (Å²) in [6.07, 6.45) is 2.93. The maximum Gasteiger partial charge on any atom is 0.132 e. The van der Waals surface area contributed by atoms with Crippen molar-refractivity contribution in [3.63, 3.8) is 0 Å². The highest BCUT2D eigenvalue weighted by Crippen LogP contribution is 2.11. The molecule has 5 heteroatoms. The van der Waals surface area contributed by atoms with E-state index in [-0.39, 0.29) is 0 Å². The molecular weight excluding hydrogens is 220 g/mol. The van der Waals surface area contributed by atoms with Crippen molar-refractivity contribution in [2.24, 2.45) is 5.92 Å². The van der Waals surface area contributed by atoms with Gasteiger partial charge in [-0.25, -0.2) is 9.97 Å². The third kappa shape index (κ3) is 4.26. The van der Waals surface area contributed by atoms with Crippen molar-refractivity contribution in [1.29, 1.82) is 0 Å². The number of aromatic nitrogens is 2. The number of aryl methyl sites for hydroxylation is 1. The molecule has 1 aromatic rings. The maximum absolute atomic E-state index is 5.70. The molecule has 0 fully saturated rings. The Balaban J connectivity index is 2.56. The quantitative estimate of drug-likeness (QED) is 0.796. The lowest BCUT2D eigenvalue weighted by atomic mass is 10.2. The SMILES string of the molecule is CCc1nc(N)cc(NCC(C)CSC)n1. The van der Waals surface area contributed by atoms with Gasteiger partial charge >= 0.3 is 0 Å². The molecule has 0 spiro atoms. The summed E-state index contributed by atoms with van der Waals surface area (Å²) in [4.78, 5) is 8.51. The van der Waals surface area contributed by atoms with Gasteiger partial charge in [0.2, 0.25) is 0 Å². The first-order chi connectivity index (χ1) is 7.65. The summed E-state index contributed by atoms with van der Waals surface area (Å²) in [7, 11) is 0. The molecule has 0 saturated carbocycles. The van der Waals surface area contributed by atoms with E-state index in [0.717, 1.165) is 30.4 Å². The highest BCUT2D eigenvalue weighted by molar-refractivity contribution is 7.98. The lowest BCUT2D eigenvalue weighted by Gasteiger charge is -2.12. The molecule has 1 unspecified atom stereocenters. The van der Waals surface area contributed by atoms with Crippen LogP contribution in [0.5, 0.6) is 0 Å². The molecule has 1 atom stereocenters. The van der Waals surface area contributed by atoms with Gasteiger partial charge in [0.25, 0.3) is 0 Å². The Labute approximate surface area is 101 Å². The van der Waals surface area contributed by atoms with Crippen molar-refractivity contribution >= 4 is 23.4 Å². The molecule has 90 valence electrons. The third-order valence-electron chi connectivity index (χ3n) is 2.19. The largest absolute Gasteiger partial charge is 0.384 e. The predicted octanol–water partition coefficient (Wildman–Crippen LogP) is 2.03. The van der Waals surface area contributed by atoms with Crippen LogP contribution in [0.2, 0.25) is 0 Å². The third-order valence-corrected chi connectivity index (χ3v) is 3.09. The number of nitrogens with two attached hydrogens (primary N) is 1. The smallest absolute Gasteiger partial charge is 0.132 e. The number of hydrogen-bond donors (Lipinski definition) is 2. The van der Waals surface area contributed by atoms with Gasteiger partial charge in [0.05, 0.1) is 0 Å². The fourth-order valence-corrected chi connectivity index (χ4v) is 2.08. The first-order valence-corrected chi connectivity index (χ1v) is 6.91. The molecule has 0 aliphatic heterocycles. The number of nitrogens with zero attached hydrogens (tertiary/aromatic N) is 2. The number of nitrogen functional groups attached to an aromatic ring is 1. The van der Waals surface area contributed by atoms with E-state index in [4.69, 9.17) is 5.73 Å². The Morgan fingerprint density at radius 2 is 2.25 bits per heavy atom. The first-order valence-electron chi connectivity index (χ1n) is 5.52. The van der Waals surface area contributed by atoms with Crippen LogP contribution >= 0.6 is 11.8 Å². The van der Waals surface area contributed by atoms with Gasteiger partial charge in [-0.3, -0.25) is 0 Å². The Morgan fingerprint density at radius 1 is 1.50 bits per heavy atom. The predicted molar refractivity (Wildman–Crippen MR) is 71.9 cm³/mol. The van der Waals surface area contributed by atoms with Crippen molar-refractivity contribution in [2.75, 3.05) is 29.6 Å².